The molecule has 3 nitrogen and oxygen atoms in total. The lowest BCUT2D eigenvalue weighted by Gasteiger charge is -2.34. The van der Waals surface area contributed by atoms with Crippen LogP contribution in [0.1, 0.15) is 49.7 Å². The highest BCUT2D eigenvalue weighted by Crippen LogP contribution is 2.27. The van der Waals surface area contributed by atoms with Crippen LogP contribution in [0.3, 0.4) is 0 Å². The van der Waals surface area contributed by atoms with Crippen LogP contribution >= 0.6 is 12.2 Å². The molecule has 1 aliphatic rings. The van der Waals surface area contributed by atoms with Crippen molar-refractivity contribution >= 4 is 33.9 Å². The quantitative estimate of drug-likeness (QED) is 0.399. The van der Waals surface area contributed by atoms with E-state index < -0.39 is 0 Å². The Labute approximate surface area is 173 Å². The maximum atomic E-state index is 5.94. The van der Waals surface area contributed by atoms with Gasteiger partial charge in [-0.3, -0.25) is 0 Å². The van der Waals surface area contributed by atoms with E-state index in [0.717, 1.165) is 17.3 Å². The zero-order chi connectivity index (χ0) is 19.3. The molecule has 2 N–H and O–H groups in total. The summed E-state index contributed by atoms with van der Waals surface area (Å²) in [5, 5.41) is 5.67. The van der Waals surface area contributed by atoms with Crippen LogP contribution in [-0.2, 0) is 6.54 Å². The number of benzene rings is 2. The molecule has 1 saturated carbocycles. The summed E-state index contributed by atoms with van der Waals surface area (Å²) in [7, 11) is 0. The molecule has 1 aromatic heterocycles. The number of nitrogens with zero attached hydrogens (tertiary/aromatic N) is 1. The number of anilines is 1. The number of nitrogens with one attached hydrogen (secondary N) is 2. The molecule has 28 heavy (non-hydrogen) atoms. The first-order valence-corrected chi connectivity index (χ1v) is 10.8. The minimum Gasteiger partial charge on any atom is -0.361 e. The van der Waals surface area contributed by atoms with Crippen molar-refractivity contribution in [1.29, 1.82) is 0 Å². The van der Waals surface area contributed by atoms with Gasteiger partial charge in [0.25, 0.3) is 0 Å². The number of aromatic amines is 1. The number of para-hydroxylation sites is 2. The molecule has 0 bridgehead atoms. The average Bonchev–Trinajstić information content (AvgIpc) is 2.92. The summed E-state index contributed by atoms with van der Waals surface area (Å²) in [6, 6.07) is 17.4. The molecule has 3 aromatic rings. The standard InChI is InChI=1S/C24H29N3S/c1-18-10-6-8-14-22(18)26-24(28)27(20-11-4-2-3-5-12-20)17-19-16-25-23-15-9-7-13-21(19)23/h6-10,13-16,20,25H,2-5,11-12,17H2,1H3,(H,26,28). The fourth-order valence-corrected chi connectivity index (χ4v) is 4.61. The molecule has 4 rings (SSSR count). The van der Waals surface area contributed by atoms with Crippen molar-refractivity contribution in [2.45, 2.75) is 58.0 Å². The predicted molar refractivity (Wildman–Crippen MR) is 123 cm³/mol. The lowest BCUT2D eigenvalue weighted by Crippen LogP contribution is -2.42. The third kappa shape index (κ3) is 4.22. The van der Waals surface area contributed by atoms with Crippen LogP contribution in [0.4, 0.5) is 5.69 Å². The van der Waals surface area contributed by atoms with Gasteiger partial charge in [0.1, 0.15) is 0 Å². The highest BCUT2D eigenvalue weighted by molar-refractivity contribution is 7.80. The van der Waals surface area contributed by atoms with Gasteiger partial charge in [-0.25, -0.2) is 0 Å². The predicted octanol–water partition coefficient (Wildman–Crippen LogP) is 6.40. The molecule has 0 amide bonds. The first-order chi connectivity index (χ1) is 13.7. The molecule has 4 heteroatoms. The number of rotatable bonds is 4. The Morgan fingerprint density at radius 1 is 1.04 bits per heavy atom. The largest absolute Gasteiger partial charge is 0.361 e. The Kier molecular flexibility index (Phi) is 5.96. The minimum atomic E-state index is 0.500. The highest BCUT2D eigenvalue weighted by Gasteiger charge is 2.24. The second-order valence-electron chi connectivity index (χ2n) is 7.88. The van der Waals surface area contributed by atoms with Crippen molar-refractivity contribution in [3.05, 3.63) is 65.9 Å². The van der Waals surface area contributed by atoms with Gasteiger partial charge in [-0.05, 0) is 55.2 Å². The molecule has 1 heterocycles. The molecule has 0 atom stereocenters. The summed E-state index contributed by atoms with van der Waals surface area (Å²) in [5.41, 5.74) is 4.83. The summed E-state index contributed by atoms with van der Waals surface area (Å²) in [6.07, 6.45) is 9.86. The first kappa shape index (κ1) is 19.0. The van der Waals surface area contributed by atoms with Gasteiger partial charge in [-0.1, -0.05) is 62.1 Å². The van der Waals surface area contributed by atoms with E-state index >= 15 is 0 Å². The third-order valence-electron chi connectivity index (χ3n) is 5.93. The Hall–Kier alpha value is -2.33. The molecule has 2 aromatic carbocycles. The van der Waals surface area contributed by atoms with Gasteiger partial charge in [-0.15, -0.1) is 0 Å². The Morgan fingerprint density at radius 3 is 2.54 bits per heavy atom. The maximum absolute atomic E-state index is 5.94. The van der Waals surface area contributed by atoms with E-state index in [4.69, 9.17) is 12.2 Å². The van der Waals surface area contributed by atoms with Crippen molar-refractivity contribution in [2.75, 3.05) is 5.32 Å². The van der Waals surface area contributed by atoms with E-state index in [1.54, 1.807) is 0 Å². The van der Waals surface area contributed by atoms with Crippen LogP contribution in [0.2, 0.25) is 0 Å². The van der Waals surface area contributed by atoms with Crippen LogP contribution in [-0.4, -0.2) is 21.0 Å². The van der Waals surface area contributed by atoms with E-state index in [1.807, 2.05) is 0 Å². The van der Waals surface area contributed by atoms with Crippen molar-refractivity contribution in [3.8, 4) is 0 Å². The smallest absolute Gasteiger partial charge is 0.173 e. The molecule has 0 aliphatic heterocycles. The van der Waals surface area contributed by atoms with Gasteiger partial charge < -0.3 is 15.2 Å². The second kappa shape index (κ2) is 8.78. The Bertz CT molecular complexity index is 938. The summed E-state index contributed by atoms with van der Waals surface area (Å²) in [5.74, 6) is 0. The summed E-state index contributed by atoms with van der Waals surface area (Å²) in [4.78, 5) is 5.85. The maximum Gasteiger partial charge on any atom is 0.173 e. The molecule has 0 radical (unpaired) electrons. The minimum absolute atomic E-state index is 0.500. The number of hydrogen-bond acceptors (Lipinski definition) is 1. The average molecular weight is 392 g/mol. The first-order valence-electron chi connectivity index (χ1n) is 10.4. The van der Waals surface area contributed by atoms with Crippen molar-refractivity contribution in [3.63, 3.8) is 0 Å². The zero-order valence-corrected chi connectivity index (χ0v) is 17.4. The third-order valence-corrected chi connectivity index (χ3v) is 6.27. The van der Waals surface area contributed by atoms with Crippen LogP contribution in [0, 0.1) is 6.92 Å². The van der Waals surface area contributed by atoms with Gasteiger partial charge >= 0.3 is 0 Å². The number of H-pyrrole nitrogens is 1. The van der Waals surface area contributed by atoms with Gasteiger partial charge in [0, 0.05) is 35.4 Å². The highest BCUT2D eigenvalue weighted by atomic mass is 32.1. The summed E-state index contributed by atoms with van der Waals surface area (Å²) in [6.45, 7) is 2.97. The summed E-state index contributed by atoms with van der Waals surface area (Å²) < 4.78 is 0. The van der Waals surface area contributed by atoms with E-state index in [-0.39, 0.29) is 0 Å². The second-order valence-corrected chi connectivity index (χ2v) is 8.26. The van der Waals surface area contributed by atoms with Gasteiger partial charge in [0.05, 0.1) is 0 Å². The number of thiocarbonyl (C=S) groups is 1. The zero-order valence-electron chi connectivity index (χ0n) is 16.6. The molecule has 0 spiro atoms. The number of fused-ring (bicyclic) bond motifs is 1. The van der Waals surface area contributed by atoms with Gasteiger partial charge in [-0.2, -0.15) is 0 Å². The van der Waals surface area contributed by atoms with Crippen LogP contribution < -0.4 is 5.32 Å². The van der Waals surface area contributed by atoms with E-state index in [2.05, 4.69) is 76.9 Å². The number of aryl methyl sites for hydroxylation is 1. The Balaban J connectivity index is 1.61. The van der Waals surface area contributed by atoms with Crippen molar-refractivity contribution in [1.82, 2.24) is 9.88 Å². The summed E-state index contributed by atoms with van der Waals surface area (Å²) >= 11 is 5.94. The molecule has 1 fully saturated rings. The van der Waals surface area contributed by atoms with Crippen molar-refractivity contribution in [2.24, 2.45) is 0 Å². The molecule has 0 saturated heterocycles. The molecule has 0 unspecified atom stereocenters. The topological polar surface area (TPSA) is 31.1 Å². The fraction of sp³-hybridized carbons (Fsp3) is 0.375. The molecule has 1 aliphatic carbocycles. The lowest BCUT2D eigenvalue weighted by molar-refractivity contribution is 0.281. The van der Waals surface area contributed by atoms with Gasteiger partial charge in [0.15, 0.2) is 5.11 Å². The molecule has 146 valence electrons. The number of aromatic nitrogens is 1. The van der Waals surface area contributed by atoms with E-state index in [1.165, 1.54) is 60.6 Å². The fourth-order valence-electron chi connectivity index (χ4n) is 4.28. The lowest BCUT2D eigenvalue weighted by atomic mass is 10.1. The molecular weight excluding hydrogens is 362 g/mol. The van der Waals surface area contributed by atoms with E-state index in [9.17, 15) is 0 Å². The van der Waals surface area contributed by atoms with E-state index in [0.29, 0.717) is 6.04 Å². The SMILES string of the molecule is Cc1ccccc1NC(=S)N(Cc1c[nH]c2ccccc12)C1CCCCCC1. The van der Waals surface area contributed by atoms with Crippen LogP contribution in [0.5, 0.6) is 0 Å². The Morgan fingerprint density at radius 2 is 1.75 bits per heavy atom. The van der Waals surface area contributed by atoms with Crippen LogP contribution in [0.25, 0.3) is 10.9 Å². The normalized spacial score (nSPS) is 15.3. The van der Waals surface area contributed by atoms with Crippen LogP contribution in [0.15, 0.2) is 54.7 Å². The van der Waals surface area contributed by atoms with Crippen molar-refractivity contribution < 1.29 is 0 Å². The van der Waals surface area contributed by atoms with Gasteiger partial charge in [0.2, 0.25) is 0 Å². The molecular formula is C24H29N3S. The monoisotopic (exact) mass is 391 g/mol. The number of hydrogen-bond donors (Lipinski definition) is 2.